The Morgan fingerprint density at radius 3 is 2.63 bits per heavy atom. The van der Waals surface area contributed by atoms with E-state index in [1.54, 1.807) is 11.8 Å². The summed E-state index contributed by atoms with van der Waals surface area (Å²) in [7, 11) is 0. The summed E-state index contributed by atoms with van der Waals surface area (Å²) in [5, 5.41) is 3.99. The van der Waals surface area contributed by atoms with Gasteiger partial charge in [-0.05, 0) is 37.1 Å². The zero-order valence-corrected chi connectivity index (χ0v) is 16.0. The van der Waals surface area contributed by atoms with E-state index in [4.69, 9.17) is 0 Å². The van der Waals surface area contributed by atoms with Crippen molar-refractivity contribution in [1.82, 2.24) is 10.3 Å². The summed E-state index contributed by atoms with van der Waals surface area (Å²) in [4.78, 5) is 29.3. The molecule has 2 aromatic carbocycles. The van der Waals surface area contributed by atoms with Crippen molar-refractivity contribution in [3.05, 3.63) is 65.4 Å². The molecule has 5 nitrogen and oxygen atoms in total. The lowest BCUT2D eigenvalue weighted by atomic mass is 10.1. The topological polar surface area (TPSA) is 65.2 Å². The molecule has 140 valence electrons. The van der Waals surface area contributed by atoms with E-state index in [0.29, 0.717) is 19.5 Å². The SMILES string of the molecule is CC(=O)N(CCNC(=O)Cc1c[nH]c2ccccc12)c1ccc(C)cc1C. The lowest BCUT2D eigenvalue weighted by Gasteiger charge is -2.23. The average molecular weight is 363 g/mol. The standard InChI is InChI=1S/C22H25N3O2/c1-15-8-9-21(16(2)12-15)25(17(3)26)11-10-23-22(27)13-18-14-24-20-7-5-4-6-19(18)20/h4-9,12,14,24H,10-11,13H2,1-3H3,(H,23,27). The highest BCUT2D eigenvalue weighted by molar-refractivity contribution is 5.92. The molecule has 0 radical (unpaired) electrons. The fourth-order valence-electron chi connectivity index (χ4n) is 3.38. The molecule has 3 rings (SSSR count). The van der Waals surface area contributed by atoms with Crippen LogP contribution in [0.15, 0.2) is 48.7 Å². The molecule has 0 fully saturated rings. The minimum atomic E-state index is -0.0520. The first-order chi connectivity index (χ1) is 13.0. The van der Waals surface area contributed by atoms with Gasteiger partial charge in [-0.3, -0.25) is 9.59 Å². The molecule has 0 spiro atoms. The fourth-order valence-corrected chi connectivity index (χ4v) is 3.38. The molecule has 2 N–H and O–H groups in total. The van der Waals surface area contributed by atoms with Gasteiger partial charge in [0.05, 0.1) is 6.42 Å². The van der Waals surface area contributed by atoms with Gasteiger partial charge in [0.15, 0.2) is 0 Å². The van der Waals surface area contributed by atoms with Gasteiger partial charge >= 0.3 is 0 Å². The molecule has 0 saturated heterocycles. The van der Waals surface area contributed by atoms with Crippen LogP contribution in [0.5, 0.6) is 0 Å². The number of hydrogen-bond donors (Lipinski definition) is 2. The van der Waals surface area contributed by atoms with Crippen molar-refractivity contribution in [2.45, 2.75) is 27.2 Å². The minimum Gasteiger partial charge on any atom is -0.361 e. The zero-order valence-electron chi connectivity index (χ0n) is 16.0. The van der Waals surface area contributed by atoms with Crippen LogP contribution in [-0.4, -0.2) is 29.9 Å². The van der Waals surface area contributed by atoms with E-state index in [1.807, 2.05) is 56.4 Å². The molecule has 0 unspecified atom stereocenters. The number of amides is 2. The molecular formula is C22H25N3O2. The smallest absolute Gasteiger partial charge is 0.224 e. The van der Waals surface area contributed by atoms with Crippen LogP contribution in [0.1, 0.15) is 23.6 Å². The molecule has 2 amide bonds. The number of carbonyl (C=O) groups excluding carboxylic acids is 2. The predicted octanol–water partition coefficient (Wildman–Crippen LogP) is 3.50. The number of aromatic nitrogens is 1. The van der Waals surface area contributed by atoms with Crippen molar-refractivity contribution in [1.29, 1.82) is 0 Å². The van der Waals surface area contributed by atoms with Crippen molar-refractivity contribution in [2.75, 3.05) is 18.0 Å². The highest BCUT2D eigenvalue weighted by Crippen LogP contribution is 2.21. The average Bonchev–Trinajstić information content (AvgIpc) is 3.02. The Hall–Kier alpha value is -3.08. The Morgan fingerprint density at radius 1 is 1.11 bits per heavy atom. The minimum absolute atomic E-state index is 0.0344. The molecule has 0 aliphatic heterocycles. The number of aromatic amines is 1. The summed E-state index contributed by atoms with van der Waals surface area (Å²) in [5.41, 5.74) is 5.10. The number of benzene rings is 2. The fraction of sp³-hybridized carbons (Fsp3) is 0.273. The van der Waals surface area contributed by atoms with Gasteiger partial charge in [0.25, 0.3) is 0 Å². The van der Waals surface area contributed by atoms with Crippen molar-refractivity contribution in [3.63, 3.8) is 0 Å². The Labute approximate surface area is 159 Å². The predicted molar refractivity (Wildman–Crippen MR) is 109 cm³/mol. The number of carbonyl (C=O) groups is 2. The largest absolute Gasteiger partial charge is 0.361 e. The molecule has 1 heterocycles. The maximum absolute atomic E-state index is 12.3. The van der Waals surface area contributed by atoms with Crippen LogP contribution in [0, 0.1) is 13.8 Å². The van der Waals surface area contributed by atoms with Crippen LogP contribution >= 0.6 is 0 Å². The van der Waals surface area contributed by atoms with Gasteiger partial charge in [0, 0.05) is 42.8 Å². The Morgan fingerprint density at radius 2 is 1.89 bits per heavy atom. The third kappa shape index (κ3) is 4.37. The number of H-pyrrole nitrogens is 1. The second-order valence-corrected chi connectivity index (χ2v) is 6.85. The van der Waals surface area contributed by atoms with Gasteiger partial charge in [0.2, 0.25) is 11.8 Å². The molecule has 0 aliphatic carbocycles. The number of rotatable bonds is 6. The van der Waals surface area contributed by atoms with E-state index in [1.165, 1.54) is 0 Å². The quantitative estimate of drug-likeness (QED) is 0.704. The molecule has 27 heavy (non-hydrogen) atoms. The summed E-state index contributed by atoms with van der Waals surface area (Å²) in [6.45, 7) is 6.42. The summed E-state index contributed by atoms with van der Waals surface area (Å²) in [6.07, 6.45) is 2.19. The number of anilines is 1. The highest BCUT2D eigenvalue weighted by Gasteiger charge is 2.14. The number of para-hydroxylation sites is 1. The normalized spacial score (nSPS) is 10.8. The number of fused-ring (bicyclic) bond motifs is 1. The van der Waals surface area contributed by atoms with E-state index >= 15 is 0 Å². The molecule has 0 aliphatic rings. The van der Waals surface area contributed by atoms with Gasteiger partial charge in [-0.25, -0.2) is 0 Å². The highest BCUT2D eigenvalue weighted by atomic mass is 16.2. The summed E-state index contributed by atoms with van der Waals surface area (Å²) < 4.78 is 0. The lowest BCUT2D eigenvalue weighted by molar-refractivity contribution is -0.121. The van der Waals surface area contributed by atoms with Crippen LogP contribution < -0.4 is 10.2 Å². The molecule has 0 bridgehead atoms. The van der Waals surface area contributed by atoms with E-state index in [-0.39, 0.29) is 11.8 Å². The van der Waals surface area contributed by atoms with Crippen LogP contribution in [0.3, 0.4) is 0 Å². The summed E-state index contributed by atoms with van der Waals surface area (Å²) in [6, 6.07) is 13.9. The first kappa shape index (κ1) is 18.7. The van der Waals surface area contributed by atoms with Crippen LogP contribution in [0.25, 0.3) is 10.9 Å². The number of hydrogen-bond acceptors (Lipinski definition) is 2. The molecule has 3 aromatic rings. The first-order valence-corrected chi connectivity index (χ1v) is 9.13. The maximum Gasteiger partial charge on any atom is 0.224 e. The molecule has 0 atom stereocenters. The number of nitrogens with zero attached hydrogens (tertiary/aromatic N) is 1. The molecule has 0 saturated carbocycles. The summed E-state index contributed by atoms with van der Waals surface area (Å²) in [5.74, 6) is -0.0864. The number of nitrogens with one attached hydrogen (secondary N) is 2. The van der Waals surface area contributed by atoms with Crippen molar-refractivity contribution in [3.8, 4) is 0 Å². The second-order valence-electron chi connectivity index (χ2n) is 6.85. The summed E-state index contributed by atoms with van der Waals surface area (Å²) >= 11 is 0. The zero-order chi connectivity index (χ0) is 19.4. The Bertz CT molecular complexity index is 975. The molecule has 5 heteroatoms. The van der Waals surface area contributed by atoms with E-state index in [9.17, 15) is 9.59 Å². The van der Waals surface area contributed by atoms with E-state index in [2.05, 4.69) is 16.4 Å². The van der Waals surface area contributed by atoms with Gasteiger partial charge in [-0.2, -0.15) is 0 Å². The van der Waals surface area contributed by atoms with Crippen molar-refractivity contribution < 1.29 is 9.59 Å². The third-order valence-electron chi connectivity index (χ3n) is 4.71. The first-order valence-electron chi connectivity index (χ1n) is 9.13. The Balaban J connectivity index is 1.60. The second kappa shape index (κ2) is 8.08. The molecular weight excluding hydrogens is 338 g/mol. The maximum atomic E-state index is 12.3. The molecule has 1 aromatic heterocycles. The van der Waals surface area contributed by atoms with Gasteiger partial charge in [0.1, 0.15) is 0 Å². The van der Waals surface area contributed by atoms with Gasteiger partial charge in [-0.1, -0.05) is 35.9 Å². The van der Waals surface area contributed by atoms with Crippen molar-refractivity contribution >= 4 is 28.4 Å². The van der Waals surface area contributed by atoms with Crippen LogP contribution in [0.2, 0.25) is 0 Å². The van der Waals surface area contributed by atoms with Crippen LogP contribution in [-0.2, 0) is 16.0 Å². The monoisotopic (exact) mass is 363 g/mol. The van der Waals surface area contributed by atoms with Gasteiger partial charge < -0.3 is 15.2 Å². The van der Waals surface area contributed by atoms with Crippen LogP contribution in [0.4, 0.5) is 5.69 Å². The Kier molecular flexibility index (Phi) is 5.60. The lowest BCUT2D eigenvalue weighted by Crippen LogP contribution is -2.38. The number of aryl methyl sites for hydroxylation is 2. The van der Waals surface area contributed by atoms with Gasteiger partial charge in [-0.15, -0.1) is 0 Å². The van der Waals surface area contributed by atoms with E-state index in [0.717, 1.165) is 33.3 Å². The van der Waals surface area contributed by atoms with E-state index < -0.39 is 0 Å². The third-order valence-corrected chi connectivity index (χ3v) is 4.71. The van der Waals surface area contributed by atoms with Crippen molar-refractivity contribution in [2.24, 2.45) is 0 Å².